The molecular weight excluding hydrogens is 569 g/mol. The third-order valence-electron chi connectivity index (χ3n) is 6.36. The van der Waals surface area contributed by atoms with Gasteiger partial charge < -0.3 is 10.2 Å². The van der Waals surface area contributed by atoms with Gasteiger partial charge in [-0.3, -0.25) is 13.9 Å². The zero-order chi connectivity index (χ0) is 29.6. The first-order chi connectivity index (χ1) is 18.8. The minimum Gasteiger partial charge on any atom is -0.352 e. The van der Waals surface area contributed by atoms with Crippen LogP contribution in [-0.2, 0) is 32.6 Å². The highest BCUT2D eigenvalue weighted by Crippen LogP contribution is 2.27. The molecule has 0 aliphatic carbocycles. The fraction of sp³-hybridized carbons (Fsp3) is 0.333. The molecule has 1 unspecified atom stereocenters. The summed E-state index contributed by atoms with van der Waals surface area (Å²) in [5, 5.41) is 3.69. The van der Waals surface area contributed by atoms with Crippen molar-refractivity contribution in [3.63, 3.8) is 0 Å². The fourth-order valence-electron chi connectivity index (χ4n) is 4.45. The summed E-state index contributed by atoms with van der Waals surface area (Å²) in [6.45, 7) is 6.86. The quantitative estimate of drug-likeness (QED) is 0.312. The summed E-state index contributed by atoms with van der Waals surface area (Å²) in [6, 6.07) is 18.5. The lowest BCUT2D eigenvalue weighted by molar-refractivity contribution is -0.140. The average Bonchev–Trinajstić information content (AvgIpc) is 2.85. The number of halogens is 2. The van der Waals surface area contributed by atoms with Gasteiger partial charge in [0, 0.05) is 29.1 Å². The number of sulfonamides is 1. The van der Waals surface area contributed by atoms with Crippen molar-refractivity contribution >= 4 is 50.7 Å². The zero-order valence-electron chi connectivity index (χ0n) is 23.3. The van der Waals surface area contributed by atoms with E-state index in [-0.39, 0.29) is 24.9 Å². The molecule has 0 heterocycles. The van der Waals surface area contributed by atoms with Gasteiger partial charge in [-0.25, -0.2) is 8.42 Å². The highest BCUT2D eigenvalue weighted by atomic mass is 35.5. The molecule has 0 saturated carbocycles. The van der Waals surface area contributed by atoms with Crippen molar-refractivity contribution in [1.29, 1.82) is 0 Å². The number of anilines is 1. The Morgan fingerprint density at radius 1 is 0.950 bits per heavy atom. The monoisotopic (exact) mass is 603 g/mol. The van der Waals surface area contributed by atoms with Gasteiger partial charge in [-0.05, 0) is 62.6 Å². The van der Waals surface area contributed by atoms with E-state index in [0.29, 0.717) is 26.9 Å². The molecule has 3 aromatic rings. The first-order valence-corrected chi connectivity index (χ1v) is 15.5. The van der Waals surface area contributed by atoms with Gasteiger partial charge in [0.15, 0.2) is 0 Å². The molecule has 40 heavy (non-hydrogen) atoms. The zero-order valence-corrected chi connectivity index (χ0v) is 25.6. The Hall–Kier alpha value is -3.07. The Morgan fingerprint density at radius 2 is 1.62 bits per heavy atom. The third kappa shape index (κ3) is 8.46. The number of nitrogens with zero attached hydrogens (tertiary/aromatic N) is 2. The van der Waals surface area contributed by atoms with Gasteiger partial charge in [0.05, 0.1) is 11.9 Å². The predicted octanol–water partition coefficient (Wildman–Crippen LogP) is 5.54. The van der Waals surface area contributed by atoms with Crippen LogP contribution in [0, 0.1) is 13.8 Å². The third-order valence-corrected chi connectivity index (χ3v) is 8.07. The van der Waals surface area contributed by atoms with Crippen LogP contribution in [0.1, 0.15) is 36.1 Å². The van der Waals surface area contributed by atoms with Crippen LogP contribution in [0.5, 0.6) is 0 Å². The molecule has 0 aliphatic heterocycles. The summed E-state index contributed by atoms with van der Waals surface area (Å²) in [5.41, 5.74) is 3.50. The van der Waals surface area contributed by atoms with Crippen LogP contribution >= 0.6 is 23.2 Å². The number of nitrogens with one attached hydrogen (secondary N) is 1. The number of carbonyl (C=O) groups is 2. The Morgan fingerprint density at radius 3 is 2.20 bits per heavy atom. The number of aryl methyl sites for hydroxylation is 2. The van der Waals surface area contributed by atoms with Gasteiger partial charge in [0.2, 0.25) is 21.8 Å². The van der Waals surface area contributed by atoms with E-state index >= 15 is 0 Å². The van der Waals surface area contributed by atoms with E-state index in [1.165, 1.54) is 4.90 Å². The number of hydrogen-bond donors (Lipinski definition) is 1. The molecule has 0 fully saturated rings. The first-order valence-electron chi connectivity index (χ1n) is 12.9. The molecular formula is C30H35Cl2N3O4S. The minimum atomic E-state index is -3.85. The molecule has 1 atom stereocenters. The Labute approximate surface area is 247 Å². The van der Waals surface area contributed by atoms with E-state index in [1.807, 2.05) is 57.2 Å². The molecule has 3 aromatic carbocycles. The van der Waals surface area contributed by atoms with E-state index in [9.17, 15) is 18.0 Å². The molecule has 1 N–H and O–H groups in total. The summed E-state index contributed by atoms with van der Waals surface area (Å²) in [7, 11) is -3.85. The van der Waals surface area contributed by atoms with Crippen molar-refractivity contribution < 1.29 is 18.0 Å². The number of carbonyl (C=O) groups excluding carboxylic acids is 2. The lowest BCUT2D eigenvalue weighted by atomic mass is 10.0. The van der Waals surface area contributed by atoms with Gasteiger partial charge in [-0.2, -0.15) is 0 Å². The molecule has 0 saturated heterocycles. The number of amides is 2. The number of hydrogen-bond acceptors (Lipinski definition) is 4. The van der Waals surface area contributed by atoms with Gasteiger partial charge in [-0.1, -0.05) is 77.3 Å². The summed E-state index contributed by atoms with van der Waals surface area (Å²) in [5.74, 6) is -0.897. The molecule has 0 bridgehead atoms. The number of benzene rings is 3. The van der Waals surface area contributed by atoms with Crippen molar-refractivity contribution in [2.24, 2.45) is 0 Å². The molecule has 214 valence electrons. The van der Waals surface area contributed by atoms with Crippen LogP contribution < -0.4 is 9.62 Å². The van der Waals surface area contributed by atoms with Crippen molar-refractivity contribution in [3.05, 3.63) is 99.0 Å². The maximum atomic E-state index is 14.1. The second-order valence-electron chi connectivity index (χ2n) is 10.2. The highest BCUT2D eigenvalue weighted by molar-refractivity contribution is 7.92. The van der Waals surface area contributed by atoms with Gasteiger partial charge in [-0.15, -0.1) is 0 Å². The fourth-order valence-corrected chi connectivity index (χ4v) is 5.82. The van der Waals surface area contributed by atoms with Crippen LogP contribution in [0.4, 0.5) is 5.69 Å². The Bertz CT molecular complexity index is 1460. The lowest BCUT2D eigenvalue weighted by Gasteiger charge is -2.34. The van der Waals surface area contributed by atoms with Crippen LogP contribution in [0.3, 0.4) is 0 Å². The van der Waals surface area contributed by atoms with Gasteiger partial charge in [0.1, 0.15) is 12.6 Å². The molecule has 10 heteroatoms. The van der Waals surface area contributed by atoms with Crippen molar-refractivity contribution in [2.45, 2.75) is 52.7 Å². The standard InChI is InChI=1S/C30H35Cl2N3O4S/c1-20(2)33-30(37)28(16-23-9-7-6-8-10-23)34(18-24-12-13-25(31)17-26(24)32)29(36)19-35(40(5,38)39)27-14-11-21(3)15-22(27)4/h6-15,17,20,28H,16,18-19H2,1-5H3,(H,33,37). The smallest absolute Gasteiger partial charge is 0.244 e. The summed E-state index contributed by atoms with van der Waals surface area (Å²) < 4.78 is 27.0. The Kier molecular flexibility index (Phi) is 10.6. The summed E-state index contributed by atoms with van der Waals surface area (Å²) in [4.78, 5) is 29.1. The average molecular weight is 605 g/mol. The lowest BCUT2D eigenvalue weighted by Crippen LogP contribution is -2.54. The van der Waals surface area contributed by atoms with Crippen LogP contribution in [0.2, 0.25) is 10.0 Å². The number of rotatable bonds is 11. The van der Waals surface area contributed by atoms with Crippen LogP contribution in [0.15, 0.2) is 66.7 Å². The molecule has 3 rings (SSSR count). The van der Waals surface area contributed by atoms with Crippen LogP contribution in [-0.4, -0.2) is 50.0 Å². The molecule has 0 aromatic heterocycles. The minimum absolute atomic E-state index is 0.0255. The molecule has 0 radical (unpaired) electrons. The SMILES string of the molecule is Cc1ccc(N(CC(=O)N(Cc2ccc(Cl)cc2Cl)C(Cc2ccccc2)C(=O)NC(C)C)S(C)(=O)=O)c(C)c1. The molecule has 0 spiro atoms. The van der Waals surface area contributed by atoms with Crippen molar-refractivity contribution in [2.75, 3.05) is 17.1 Å². The molecule has 2 amide bonds. The van der Waals surface area contributed by atoms with Crippen molar-refractivity contribution in [1.82, 2.24) is 10.2 Å². The summed E-state index contributed by atoms with van der Waals surface area (Å²) >= 11 is 12.6. The van der Waals surface area contributed by atoms with Gasteiger partial charge in [0.25, 0.3) is 0 Å². The second kappa shape index (κ2) is 13.5. The maximum Gasteiger partial charge on any atom is 0.244 e. The van der Waals surface area contributed by atoms with Gasteiger partial charge >= 0.3 is 0 Å². The second-order valence-corrected chi connectivity index (χ2v) is 12.9. The molecule has 0 aliphatic rings. The Balaban J connectivity index is 2.10. The van der Waals surface area contributed by atoms with E-state index in [2.05, 4.69) is 5.32 Å². The maximum absolute atomic E-state index is 14.1. The normalized spacial score (nSPS) is 12.2. The van der Waals surface area contributed by atoms with E-state index < -0.39 is 28.5 Å². The summed E-state index contributed by atoms with van der Waals surface area (Å²) in [6.07, 6.45) is 1.28. The van der Waals surface area contributed by atoms with Crippen molar-refractivity contribution in [3.8, 4) is 0 Å². The first kappa shape index (κ1) is 31.5. The highest BCUT2D eigenvalue weighted by Gasteiger charge is 2.34. The topological polar surface area (TPSA) is 86.8 Å². The molecule has 7 nitrogen and oxygen atoms in total. The predicted molar refractivity (Wildman–Crippen MR) is 162 cm³/mol. The largest absolute Gasteiger partial charge is 0.352 e. The van der Waals surface area contributed by atoms with E-state index in [1.54, 1.807) is 37.3 Å². The van der Waals surface area contributed by atoms with E-state index in [0.717, 1.165) is 21.7 Å². The van der Waals surface area contributed by atoms with Crippen LogP contribution in [0.25, 0.3) is 0 Å². The van der Waals surface area contributed by atoms with E-state index in [4.69, 9.17) is 23.2 Å².